The Morgan fingerprint density at radius 1 is 0.919 bits per heavy atom. The molecule has 2 N–H and O–H groups in total. The normalized spacial score (nSPS) is 16.2. The van der Waals surface area contributed by atoms with E-state index in [9.17, 15) is 10.2 Å². The van der Waals surface area contributed by atoms with Gasteiger partial charge in [-0.15, -0.1) is 0 Å². The largest absolute Gasteiger partial charge is 0.493 e. The average Bonchev–Trinajstić information content (AvgIpc) is 3.29. The minimum atomic E-state index is -0.168. The van der Waals surface area contributed by atoms with Gasteiger partial charge in [-0.2, -0.15) is 0 Å². The molecule has 37 heavy (non-hydrogen) atoms. The molecule has 2 aromatic rings. The van der Waals surface area contributed by atoms with Gasteiger partial charge in [0.1, 0.15) is 11.5 Å². The molecule has 0 saturated carbocycles. The van der Waals surface area contributed by atoms with Crippen molar-refractivity contribution >= 4 is 0 Å². The van der Waals surface area contributed by atoms with Crippen molar-refractivity contribution in [2.45, 2.75) is 59.5 Å². The van der Waals surface area contributed by atoms with Crippen LogP contribution in [0.25, 0.3) is 11.1 Å². The van der Waals surface area contributed by atoms with E-state index in [1.807, 2.05) is 12.1 Å². The molecule has 1 heterocycles. The van der Waals surface area contributed by atoms with E-state index in [0.29, 0.717) is 19.1 Å². The van der Waals surface area contributed by atoms with Crippen molar-refractivity contribution in [3.63, 3.8) is 0 Å². The molecule has 6 nitrogen and oxygen atoms in total. The maximum Gasteiger partial charge on any atom is 0.122 e. The number of nitrogens with zero attached hydrogens (tertiary/aromatic N) is 2. The van der Waals surface area contributed by atoms with E-state index in [0.717, 1.165) is 87.6 Å². The maximum absolute atomic E-state index is 9.70. The number of hydrogen-bond donors (Lipinski definition) is 2. The lowest BCUT2D eigenvalue weighted by molar-refractivity contribution is 0.173. The summed E-state index contributed by atoms with van der Waals surface area (Å²) in [6.07, 6.45) is 3.74. The molecule has 1 saturated heterocycles. The quantitative estimate of drug-likeness (QED) is 0.312. The molecule has 1 unspecified atom stereocenters. The molecule has 206 valence electrons. The van der Waals surface area contributed by atoms with Crippen LogP contribution in [0.5, 0.6) is 11.5 Å². The molecule has 1 aliphatic rings. The van der Waals surface area contributed by atoms with E-state index < -0.39 is 0 Å². The highest BCUT2D eigenvalue weighted by atomic mass is 16.5. The number of ether oxygens (including phenoxy) is 2. The van der Waals surface area contributed by atoms with Crippen LogP contribution >= 0.6 is 0 Å². The van der Waals surface area contributed by atoms with Crippen LogP contribution in [0.2, 0.25) is 0 Å². The number of rotatable bonds is 16. The zero-order valence-electron chi connectivity index (χ0n) is 23.4. The van der Waals surface area contributed by atoms with Crippen LogP contribution in [-0.2, 0) is 0 Å². The smallest absolute Gasteiger partial charge is 0.122 e. The molecule has 0 radical (unpaired) electrons. The molecule has 2 aromatic carbocycles. The Bertz CT molecular complexity index is 949. The fourth-order valence-corrected chi connectivity index (χ4v) is 5.00. The molecule has 0 amide bonds. The second-order valence-corrected chi connectivity index (χ2v) is 10.8. The third kappa shape index (κ3) is 9.29. The van der Waals surface area contributed by atoms with Crippen molar-refractivity contribution in [3.05, 3.63) is 47.5 Å². The SMILES string of the molecule is Cc1c(OCCCN(CCO)CCC(C)C)cccc1-c1cccc(OCCCN2CCC(O)C2)c1C. The minimum Gasteiger partial charge on any atom is -0.493 e. The molecular formula is C31H48N2O4. The third-order valence-corrected chi connectivity index (χ3v) is 7.30. The lowest BCUT2D eigenvalue weighted by Crippen LogP contribution is -2.30. The van der Waals surface area contributed by atoms with E-state index in [1.54, 1.807) is 0 Å². The Labute approximate surface area is 224 Å². The lowest BCUT2D eigenvalue weighted by atomic mass is 9.95. The van der Waals surface area contributed by atoms with Crippen molar-refractivity contribution in [1.82, 2.24) is 9.80 Å². The zero-order valence-corrected chi connectivity index (χ0v) is 23.4. The first kappa shape index (κ1) is 29.4. The first-order valence-electron chi connectivity index (χ1n) is 14.1. The lowest BCUT2D eigenvalue weighted by Gasteiger charge is -2.22. The second-order valence-electron chi connectivity index (χ2n) is 10.8. The van der Waals surface area contributed by atoms with Gasteiger partial charge in [0, 0.05) is 32.7 Å². The summed E-state index contributed by atoms with van der Waals surface area (Å²) < 4.78 is 12.4. The maximum atomic E-state index is 9.70. The van der Waals surface area contributed by atoms with Crippen LogP contribution in [0.1, 0.15) is 50.7 Å². The molecule has 1 atom stereocenters. The number of aliphatic hydroxyl groups excluding tert-OH is 2. The van der Waals surface area contributed by atoms with E-state index in [1.165, 1.54) is 11.1 Å². The van der Waals surface area contributed by atoms with Crippen LogP contribution in [0.3, 0.4) is 0 Å². The monoisotopic (exact) mass is 512 g/mol. The number of benzene rings is 2. The molecule has 1 aliphatic heterocycles. The van der Waals surface area contributed by atoms with Crippen molar-refractivity contribution in [2.24, 2.45) is 5.92 Å². The van der Waals surface area contributed by atoms with Gasteiger partial charge >= 0.3 is 0 Å². The summed E-state index contributed by atoms with van der Waals surface area (Å²) >= 11 is 0. The van der Waals surface area contributed by atoms with Gasteiger partial charge in [-0.25, -0.2) is 0 Å². The van der Waals surface area contributed by atoms with Gasteiger partial charge in [-0.05, 0) is 86.4 Å². The first-order chi connectivity index (χ1) is 17.9. The Morgan fingerprint density at radius 2 is 1.54 bits per heavy atom. The molecule has 6 heteroatoms. The van der Waals surface area contributed by atoms with Crippen LogP contribution in [0, 0.1) is 19.8 Å². The molecule has 0 aliphatic carbocycles. The summed E-state index contributed by atoms with van der Waals surface area (Å²) in [5.41, 5.74) is 4.63. The van der Waals surface area contributed by atoms with Gasteiger partial charge in [0.25, 0.3) is 0 Å². The summed E-state index contributed by atoms with van der Waals surface area (Å²) in [6.45, 7) is 15.7. The minimum absolute atomic E-state index is 0.168. The van der Waals surface area contributed by atoms with Crippen LogP contribution < -0.4 is 9.47 Å². The van der Waals surface area contributed by atoms with Crippen LogP contribution in [0.15, 0.2) is 36.4 Å². The summed E-state index contributed by atoms with van der Waals surface area (Å²) in [5.74, 6) is 2.52. The van der Waals surface area contributed by atoms with Gasteiger partial charge in [-0.3, -0.25) is 0 Å². The molecule has 1 fully saturated rings. The number of aliphatic hydroxyl groups is 2. The second kappa shape index (κ2) is 15.3. The fourth-order valence-electron chi connectivity index (χ4n) is 5.00. The predicted octanol–water partition coefficient (Wildman–Crippen LogP) is 4.92. The molecule has 0 bridgehead atoms. The van der Waals surface area contributed by atoms with Crippen molar-refractivity contribution < 1.29 is 19.7 Å². The zero-order chi connectivity index (χ0) is 26.6. The van der Waals surface area contributed by atoms with E-state index >= 15 is 0 Å². The first-order valence-corrected chi connectivity index (χ1v) is 14.1. The Balaban J connectivity index is 1.54. The Hall–Kier alpha value is -2.12. The molecule has 0 aromatic heterocycles. The van der Waals surface area contributed by atoms with Gasteiger partial charge < -0.3 is 29.5 Å². The van der Waals surface area contributed by atoms with E-state index in [-0.39, 0.29) is 12.7 Å². The topological polar surface area (TPSA) is 65.4 Å². The standard InChI is InChI=1S/C31H48N2O4/c1-24(2)13-17-32(19-20-34)15-7-21-36-30-11-5-9-28(25(30)3)29-10-6-12-31(26(29)4)37-22-8-16-33-18-14-27(35)23-33/h5-6,9-12,24,27,34-35H,7-8,13-23H2,1-4H3. The Kier molecular flexibility index (Phi) is 12.2. The predicted molar refractivity (Wildman–Crippen MR) is 152 cm³/mol. The van der Waals surface area contributed by atoms with Crippen molar-refractivity contribution in [3.8, 4) is 22.6 Å². The van der Waals surface area contributed by atoms with E-state index in [4.69, 9.17) is 9.47 Å². The summed E-state index contributed by atoms with van der Waals surface area (Å²) in [7, 11) is 0. The highest BCUT2D eigenvalue weighted by Gasteiger charge is 2.19. The molecule has 0 spiro atoms. The molecule has 3 rings (SSSR count). The number of likely N-dealkylation sites (tertiary alicyclic amines) is 1. The number of hydrogen-bond acceptors (Lipinski definition) is 6. The van der Waals surface area contributed by atoms with E-state index in [2.05, 4.69) is 61.8 Å². The van der Waals surface area contributed by atoms with Gasteiger partial charge in [0.05, 0.1) is 25.9 Å². The van der Waals surface area contributed by atoms with Crippen LogP contribution in [0.4, 0.5) is 0 Å². The summed E-state index contributed by atoms with van der Waals surface area (Å²) in [6, 6.07) is 12.5. The third-order valence-electron chi connectivity index (χ3n) is 7.30. The van der Waals surface area contributed by atoms with Gasteiger partial charge in [0.2, 0.25) is 0 Å². The van der Waals surface area contributed by atoms with Crippen molar-refractivity contribution in [1.29, 1.82) is 0 Å². The highest BCUT2D eigenvalue weighted by Crippen LogP contribution is 2.35. The fraction of sp³-hybridized carbons (Fsp3) is 0.613. The van der Waals surface area contributed by atoms with Gasteiger partial charge in [0.15, 0.2) is 0 Å². The van der Waals surface area contributed by atoms with Gasteiger partial charge in [-0.1, -0.05) is 38.1 Å². The average molecular weight is 513 g/mol. The van der Waals surface area contributed by atoms with Crippen molar-refractivity contribution in [2.75, 3.05) is 59.1 Å². The number of β-amino-alcohol motifs (C(OH)–C–C–N with tert-alkyl or cyclic N) is 1. The highest BCUT2D eigenvalue weighted by molar-refractivity contribution is 5.74. The van der Waals surface area contributed by atoms with Crippen LogP contribution in [-0.4, -0.2) is 85.2 Å². The Morgan fingerprint density at radius 3 is 2.08 bits per heavy atom. The summed E-state index contributed by atoms with van der Waals surface area (Å²) in [5, 5.41) is 19.1. The summed E-state index contributed by atoms with van der Waals surface area (Å²) in [4.78, 5) is 4.64. The molecular weight excluding hydrogens is 464 g/mol.